The molecule has 1 aromatic heterocycles. The molecule has 3 aliphatic rings. The summed E-state index contributed by atoms with van der Waals surface area (Å²) in [6, 6.07) is 8.33. The monoisotopic (exact) mass is 423 g/mol. The van der Waals surface area contributed by atoms with Crippen LogP contribution < -0.4 is 5.32 Å². The summed E-state index contributed by atoms with van der Waals surface area (Å²) in [5.41, 5.74) is 1.56. The molecule has 2 bridgehead atoms. The van der Waals surface area contributed by atoms with Crippen molar-refractivity contribution in [2.24, 2.45) is 18.9 Å². The Labute approximate surface area is 183 Å². The van der Waals surface area contributed by atoms with Gasteiger partial charge in [0.1, 0.15) is 0 Å². The average Bonchev–Trinajstić information content (AvgIpc) is 3.44. The van der Waals surface area contributed by atoms with Crippen molar-refractivity contribution in [1.82, 2.24) is 24.9 Å². The average molecular weight is 424 g/mol. The fourth-order valence-electron chi connectivity index (χ4n) is 5.79. The number of benzene rings is 1. The lowest BCUT2D eigenvalue weighted by atomic mass is 9.79. The highest BCUT2D eigenvalue weighted by Crippen LogP contribution is 2.32. The molecule has 0 radical (unpaired) electrons. The maximum Gasteiger partial charge on any atom is 0.275 e. The highest BCUT2D eigenvalue weighted by molar-refractivity contribution is 6.04. The van der Waals surface area contributed by atoms with Gasteiger partial charge in [-0.2, -0.15) is 5.10 Å². The summed E-state index contributed by atoms with van der Waals surface area (Å²) >= 11 is 0. The van der Waals surface area contributed by atoms with Gasteiger partial charge in [-0.3, -0.25) is 14.3 Å². The largest absolute Gasteiger partial charge is 0.343 e. The van der Waals surface area contributed by atoms with Crippen molar-refractivity contribution in [2.75, 3.05) is 32.7 Å². The third kappa shape index (κ3) is 4.07. The molecule has 3 saturated heterocycles. The summed E-state index contributed by atoms with van der Waals surface area (Å²) in [7, 11) is 1.90. The molecule has 0 aliphatic carbocycles. The number of hydrogen-bond donors (Lipinski definition) is 1. The fourth-order valence-corrected chi connectivity index (χ4v) is 5.79. The number of rotatable bonds is 5. The quantitative estimate of drug-likeness (QED) is 0.802. The normalized spacial score (nSPS) is 25.9. The van der Waals surface area contributed by atoms with Gasteiger partial charge in [-0.15, -0.1) is 0 Å². The molecule has 4 heterocycles. The van der Waals surface area contributed by atoms with Crippen LogP contribution in [0.3, 0.4) is 0 Å². The standard InChI is InChI=1S/C24H33N5O2/c1-27-21-9-3-2-7-19(21)23(26-27)24(31)29-15-17-13-18(16-29)20(25-14-17)8-6-10-22(30)28-11-4-5-12-28/h2-3,7,9,17-18,20,25H,4-6,8,10-16H2,1H3/t17?,18?,20-/m1/s1. The minimum Gasteiger partial charge on any atom is -0.343 e. The molecule has 3 atom stereocenters. The molecule has 1 N–H and O–H groups in total. The third-order valence-corrected chi connectivity index (χ3v) is 7.42. The number of likely N-dealkylation sites (tertiary alicyclic amines) is 2. The van der Waals surface area contributed by atoms with Gasteiger partial charge in [0, 0.05) is 51.1 Å². The van der Waals surface area contributed by atoms with Gasteiger partial charge in [0.15, 0.2) is 5.69 Å². The van der Waals surface area contributed by atoms with Crippen LogP contribution in [0.5, 0.6) is 0 Å². The van der Waals surface area contributed by atoms with E-state index in [1.54, 1.807) is 4.68 Å². The van der Waals surface area contributed by atoms with Gasteiger partial charge in [0.05, 0.1) is 5.52 Å². The maximum atomic E-state index is 13.4. The van der Waals surface area contributed by atoms with Crippen LogP contribution in [0.15, 0.2) is 24.3 Å². The first-order chi connectivity index (χ1) is 15.1. The van der Waals surface area contributed by atoms with Crippen molar-refractivity contribution in [2.45, 2.75) is 44.6 Å². The number of para-hydroxylation sites is 1. The number of piperidine rings is 2. The Hall–Kier alpha value is -2.41. The lowest BCUT2D eigenvalue weighted by Gasteiger charge is -2.46. The van der Waals surface area contributed by atoms with Crippen molar-refractivity contribution in [1.29, 1.82) is 0 Å². The van der Waals surface area contributed by atoms with Crippen LogP contribution >= 0.6 is 0 Å². The third-order valence-electron chi connectivity index (χ3n) is 7.42. The molecule has 2 aromatic rings. The molecule has 1 aromatic carbocycles. The van der Waals surface area contributed by atoms with Gasteiger partial charge in [-0.05, 0) is 56.6 Å². The van der Waals surface area contributed by atoms with E-state index in [0.717, 1.165) is 69.3 Å². The smallest absolute Gasteiger partial charge is 0.275 e. The number of carbonyl (C=O) groups is 2. The summed E-state index contributed by atoms with van der Waals surface area (Å²) in [6.45, 7) is 4.40. The van der Waals surface area contributed by atoms with Gasteiger partial charge in [-0.25, -0.2) is 0 Å². The van der Waals surface area contributed by atoms with E-state index in [1.165, 1.54) is 6.42 Å². The van der Waals surface area contributed by atoms with Crippen LogP contribution in [-0.2, 0) is 11.8 Å². The molecule has 3 fully saturated rings. The summed E-state index contributed by atoms with van der Waals surface area (Å²) in [4.78, 5) is 29.8. The topological polar surface area (TPSA) is 70.5 Å². The van der Waals surface area contributed by atoms with E-state index in [2.05, 4.69) is 10.4 Å². The van der Waals surface area contributed by atoms with Crippen LogP contribution in [0.1, 0.15) is 49.0 Å². The molecule has 31 heavy (non-hydrogen) atoms. The second-order valence-electron chi connectivity index (χ2n) is 9.56. The van der Waals surface area contributed by atoms with Crippen molar-refractivity contribution >= 4 is 22.7 Å². The highest BCUT2D eigenvalue weighted by Gasteiger charge is 2.38. The zero-order chi connectivity index (χ0) is 21.4. The minimum absolute atomic E-state index is 0.0522. The van der Waals surface area contributed by atoms with Crippen LogP contribution in [0, 0.1) is 11.8 Å². The van der Waals surface area contributed by atoms with E-state index in [0.29, 0.717) is 35.9 Å². The van der Waals surface area contributed by atoms with Gasteiger partial charge < -0.3 is 15.1 Å². The SMILES string of the molecule is Cn1nc(C(=O)N2CC3CN[C@H](CCCC(=O)N4CCCC4)C(C3)C2)c2ccccc21. The van der Waals surface area contributed by atoms with Gasteiger partial charge >= 0.3 is 0 Å². The van der Waals surface area contributed by atoms with E-state index in [-0.39, 0.29) is 5.91 Å². The second kappa shape index (κ2) is 8.61. The first-order valence-electron chi connectivity index (χ1n) is 11.8. The lowest BCUT2D eigenvalue weighted by Crippen LogP contribution is -2.57. The van der Waals surface area contributed by atoms with Gasteiger partial charge in [-0.1, -0.05) is 18.2 Å². The lowest BCUT2D eigenvalue weighted by molar-refractivity contribution is -0.130. The number of nitrogens with zero attached hydrogens (tertiary/aromatic N) is 4. The van der Waals surface area contributed by atoms with Gasteiger partial charge in [0.2, 0.25) is 5.91 Å². The van der Waals surface area contributed by atoms with E-state index < -0.39 is 0 Å². The number of aryl methyl sites for hydroxylation is 1. The van der Waals surface area contributed by atoms with E-state index >= 15 is 0 Å². The number of fused-ring (bicyclic) bond motifs is 3. The molecule has 2 unspecified atom stereocenters. The van der Waals surface area contributed by atoms with Crippen molar-refractivity contribution in [3.05, 3.63) is 30.0 Å². The Bertz CT molecular complexity index is 964. The van der Waals surface area contributed by atoms with Crippen LogP contribution in [0.4, 0.5) is 0 Å². The van der Waals surface area contributed by atoms with E-state index in [9.17, 15) is 9.59 Å². The number of carbonyl (C=O) groups excluding carboxylic acids is 2. The molecular formula is C24H33N5O2. The first-order valence-corrected chi connectivity index (χ1v) is 11.8. The Morgan fingerprint density at radius 1 is 1.13 bits per heavy atom. The van der Waals surface area contributed by atoms with Crippen molar-refractivity contribution in [3.63, 3.8) is 0 Å². The van der Waals surface area contributed by atoms with E-state index in [1.807, 2.05) is 41.1 Å². The number of hydrogen-bond acceptors (Lipinski definition) is 4. The number of nitrogens with one attached hydrogen (secondary N) is 1. The molecule has 0 saturated carbocycles. The van der Waals surface area contributed by atoms with Crippen LogP contribution in [0.2, 0.25) is 0 Å². The molecule has 2 amide bonds. The van der Waals surface area contributed by atoms with Crippen molar-refractivity contribution < 1.29 is 9.59 Å². The van der Waals surface area contributed by atoms with Crippen molar-refractivity contribution in [3.8, 4) is 0 Å². The Balaban J connectivity index is 1.22. The van der Waals surface area contributed by atoms with Crippen LogP contribution in [0.25, 0.3) is 10.9 Å². The summed E-state index contributed by atoms with van der Waals surface area (Å²) in [5, 5.41) is 9.20. The first kappa shape index (κ1) is 20.5. The molecule has 166 valence electrons. The molecule has 5 rings (SSSR count). The number of amides is 2. The molecule has 3 aliphatic heterocycles. The number of aromatic nitrogens is 2. The maximum absolute atomic E-state index is 13.4. The summed E-state index contributed by atoms with van der Waals surface area (Å²) < 4.78 is 1.80. The molecule has 7 heteroatoms. The zero-order valence-electron chi connectivity index (χ0n) is 18.4. The van der Waals surface area contributed by atoms with Crippen LogP contribution in [-0.4, -0.2) is 70.2 Å². The Kier molecular flexibility index (Phi) is 5.69. The second-order valence-corrected chi connectivity index (χ2v) is 9.56. The zero-order valence-corrected chi connectivity index (χ0v) is 18.4. The summed E-state index contributed by atoms with van der Waals surface area (Å²) in [5.74, 6) is 1.32. The Morgan fingerprint density at radius 3 is 2.77 bits per heavy atom. The highest BCUT2D eigenvalue weighted by atomic mass is 16.2. The predicted molar refractivity (Wildman–Crippen MR) is 120 cm³/mol. The molecule has 0 spiro atoms. The predicted octanol–water partition coefficient (Wildman–Crippen LogP) is 2.42. The fraction of sp³-hybridized carbons (Fsp3) is 0.625. The minimum atomic E-state index is 0.0522. The summed E-state index contributed by atoms with van der Waals surface area (Å²) in [6.07, 6.45) is 6.05. The van der Waals surface area contributed by atoms with Gasteiger partial charge in [0.25, 0.3) is 5.91 Å². The Morgan fingerprint density at radius 2 is 1.94 bits per heavy atom. The molecule has 7 nitrogen and oxygen atoms in total. The molecular weight excluding hydrogens is 390 g/mol. The van der Waals surface area contributed by atoms with E-state index in [4.69, 9.17) is 0 Å².